The summed E-state index contributed by atoms with van der Waals surface area (Å²) in [5, 5.41) is 0. The third-order valence-electron chi connectivity index (χ3n) is 3.13. The van der Waals surface area contributed by atoms with Gasteiger partial charge < -0.3 is 9.47 Å². The largest absolute Gasteiger partial charge is 0.383 e. The van der Waals surface area contributed by atoms with Gasteiger partial charge in [-0.2, -0.15) is 0 Å². The van der Waals surface area contributed by atoms with Crippen molar-refractivity contribution in [2.24, 2.45) is 5.92 Å². The van der Waals surface area contributed by atoms with Crippen molar-refractivity contribution in [3.8, 4) is 0 Å². The Morgan fingerprint density at radius 1 is 1.24 bits per heavy atom. The summed E-state index contributed by atoms with van der Waals surface area (Å²) in [6, 6.07) is 0.239. The van der Waals surface area contributed by atoms with E-state index in [0.29, 0.717) is 25.5 Å². The van der Waals surface area contributed by atoms with Gasteiger partial charge in [-0.25, -0.2) is 0 Å². The number of carbonyl (C=O) groups excluding carboxylic acids is 1. The summed E-state index contributed by atoms with van der Waals surface area (Å²) in [6.45, 7) is 8.63. The van der Waals surface area contributed by atoms with E-state index in [0.717, 1.165) is 13.0 Å². The molecule has 4 heteroatoms. The molecule has 0 fully saturated rings. The molecule has 0 aromatic rings. The Bertz CT molecular complexity index is 209. The van der Waals surface area contributed by atoms with Gasteiger partial charge >= 0.3 is 0 Å². The van der Waals surface area contributed by atoms with Crippen LogP contribution in [0.15, 0.2) is 0 Å². The Kier molecular flexibility index (Phi) is 9.31. The minimum absolute atomic E-state index is 0.134. The van der Waals surface area contributed by atoms with Crippen LogP contribution >= 0.6 is 0 Å². The van der Waals surface area contributed by atoms with Crippen molar-refractivity contribution in [2.45, 2.75) is 33.2 Å². The quantitative estimate of drug-likeness (QED) is 0.586. The summed E-state index contributed by atoms with van der Waals surface area (Å²) in [7, 11) is 3.36. The lowest BCUT2D eigenvalue weighted by Gasteiger charge is -2.28. The zero-order valence-corrected chi connectivity index (χ0v) is 11.9. The van der Waals surface area contributed by atoms with Crippen LogP contribution in [0.2, 0.25) is 0 Å². The highest BCUT2D eigenvalue weighted by Crippen LogP contribution is 2.07. The summed E-state index contributed by atoms with van der Waals surface area (Å²) >= 11 is 0. The lowest BCUT2D eigenvalue weighted by atomic mass is 10.0. The van der Waals surface area contributed by atoms with E-state index in [4.69, 9.17) is 9.47 Å². The van der Waals surface area contributed by atoms with Crippen LogP contribution in [0, 0.1) is 5.92 Å². The first-order valence-corrected chi connectivity index (χ1v) is 6.31. The van der Waals surface area contributed by atoms with E-state index in [-0.39, 0.29) is 12.0 Å². The number of ether oxygens (including phenoxy) is 2. The molecule has 0 aliphatic rings. The zero-order chi connectivity index (χ0) is 13.3. The van der Waals surface area contributed by atoms with E-state index in [1.54, 1.807) is 14.2 Å². The van der Waals surface area contributed by atoms with Crippen molar-refractivity contribution in [1.82, 2.24) is 4.90 Å². The maximum absolute atomic E-state index is 11.9. The predicted molar refractivity (Wildman–Crippen MR) is 69.2 cm³/mol. The normalized spacial score (nSPS) is 14.9. The molecule has 102 valence electrons. The molecule has 17 heavy (non-hydrogen) atoms. The van der Waals surface area contributed by atoms with Crippen LogP contribution in [0.4, 0.5) is 0 Å². The maximum atomic E-state index is 11.9. The SMILES string of the molecule is CCC(C)C(=O)CN(CCOC)C(C)COC. The molecule has 0 bridgehead atoms. The van der Waals surface area contributed by atoms with Crippen LogP contribution in [0.3, 0.4) is 0 Å². The molecule has 0 aromatic carbocycles. The van der Waals surface area contributed by atoms with Gasteiger partial charge in [-0.15, -0.1) is 0 Å². The number of Topliss-reactive ketones (excluding diaryl/α,β-unsaturated/α-hetero) is 1. The molecule has 0 heterocycles. The van der Waals surface area contributed by atoms with E-state index < -0.39 is 0 Å². The third kappa shape index (κ3) is 6.76. The third-order valence-corrected chi connectivity index (χ3v) is 3.13. The Balaban J connectivity index is 4.31. The highest BCUT2D eigenvalue weighted by Gasteiger charge is 2.19. The highest BCUT2D eigenvalue weighted by atomic mass is 16.5. The zero-order valence-electron chi connectivity index (χ0n) is 11.9. The molecule has 4 nitrogen and oxygen atoms in total. The molecule has 0 saturated heterocycles. The molecule has 0 spiro atoms. The first-order chi connectivity index (χ1) is 8.06. The first-order valence-electron chi connectivity index (χ1n) is 6.31. The van der Waals surface area contributed by atoms with Gasteiger partial charge in [0.1, 0.15) is 5.78 Å². The van der Waals surface area contributed by atoms with Gasteiger partial charge in [-0.05, 0) is 13.3 Å². The Morgan fingerprint density at radius 3 is 2.35 bits per heavy atom. The molecule has 0 N–H and O–H groups in total. The predicted octanol–water partition coefficient (Wildman–Crippen LogP) is 1.58. The molecule has 0 aliphatic heterocycles. The van der Waals surface area contributed by atoms with Crippen LogP contribution in [0.25, 0.3) is 0 Å². The van der Waals surface area contributed by atoms with Crippen LogP contribution < -0.4 is 0 Å². The Hall–Kier alpha value is -0.450. The standard InChI is InChI=1S/C13H27NO3/c1-6-11(2)13(15)9-14(7-8-16-4)12(3)10-17-5/h11-12H,6-10H2,1-5H3. The summed E-state index contributed by atoms with van der Waals surface area (Å²) in [6.07, 6.45) is 0.898. The van der Waals surface area contributed by atoms with Gasteiger partial charge in [-0.1, -0.05) is 13.8 Å². The molecule has 0 radical (unpaired) electrons. The molecule has 0 aliphatic carbocycles. The molecule has 2 atom stereocenters. The van der Waals surface area contributed by atoms with Gasteiger partial charge in [0.15, 0.2) is 0 Å². The van der Waals surface area contributed by atoms with Gasteiger partial charge in [0.2, 0.25) is 0 Å². The molecule has 0 amide bonds. The second kappa shape index (κ2) is 9.57. The number of methoxy groups -OCH3 is 2. The summed E-state index contributed by atoms with van der Waals surface area (Å²) in [5.74, 6) is 0.432. The van der Waals surface area contributed by atoms with Crippen molar-refractivity contribution < 1.29 is 14.3 Å². The van der Waals surface area contributed by atoms with Crippen molar-refractivity contribution >= 4 is 5.78 Å². The van der Waals surface area contributed by atoms with E-state index >= 15 is 0 Å². The summed E-state index contributed by atoms with van der Waals surface area (Å²) in [4.78, 5) is 14.1. The lowest BCUT2D eigenvalue weighted by Crippen LogP contribution is -2.42. The van der Waals surface area contributed by atoms with Gasteiger partial charge in [0.25, 0.3) is 0 Å². The van der Waals surface area contributed by atoms with Crippen LogP contribution in [0.5, 0.6) is 0 Å². The average Bonchev–Trinajstić information content (AvgIpc) is 2.33. The Morgan fingerprint density at radius 2 is 1.88 bits per heavy atom. The van der Waals surface area contributed by atoms with Gasteiger partial charge in [0.05, 0.1) is 19.8 Å². The molecule has 0 saturated carbocycles. The van der Waals surface area contributed by atoms with Crippen molar-refractivity contribution in [3.05, 3.63) is 0 Å². The number of hydrogen-bond donors (Lipinski definition) is 0. The van der Waals surface area contributed by atoms with Crippen LogP contribution in [0.1, 0.15) is 27.2 Å². The second-order valence-corrected chi connectivity index (χ2v) is 4.54. The monoisotopic (exact) mass is 245 g/mol. The smallest absolute Gasteiger partial charge is 0.149 e. The number of nitrogens with zero attached hydrogens (tertiary/aromatic N) is 1. The fourth-order valence-electron chi connectivity index (χ4n) is 1.59. The molecular weight excluding hydrogens is 218 g/mol. The van der Waals surface area contributed by atoms with Crippen LogP contribution in [-0.2, 0) is 14.3 Å². The van der Waals surface area contributed by atoms with Gasteiger partial charge in [0, 0.05) is 32.7 Å². The van der Waals surface area contributed by atoms with E-state index in [2.05, 4.69) is 11.8 Å². The highest BCUT2D eigenvalue weighted by molar-refractivity contribution is 5.82. The Labute approximate surface area is 105 Å². The summed E-state index contributed by atoms with van der Waals surface area (Å²) in [5.41, 5.74) is 0. The molecule has 0 aromatic heterocycles. The fraction of sp³-hybridized carbons (Fsp3) is 0.923. The average molecular weight is 245 g/mol. The molecular formula is C13H27NO3. The second-order valence-electron chi connectivity index (χ2n) is 4.54. The number of rotatable bonds is 10. The lowest BCUT2D eigenvalue weighted by molar-refractivity contribution is -0.124. The number of ketones is 1. The molecule has 2 unspecified atom stereocenters. The minimum atomic E-state index is 0.134. The van der Waals surface area contributed by atoms with Crippen molar-refractivity contribution in [1.29, 1.82) is 0 Å². The number of hydrogen-bond acceptors (Lipinski definition) is 4. The summed E-state index contributed by atoms with van der Waals surface area (Å²) < 4.78 is 10.2. The van der Waals surface area contributed by atoms with Crippen molar-refractivity contribution in [3.63, 3.8) is 0 Å². The van der Waals surface area contributed by atoms with Crippen LogP contribution in [-0.4, -0.2) is 57.2 Å². The van der Waals surface area contributed by atoms with E-state index in [1.165, 1.54) is 0 Å². The first kappa shape index (κ1) is 16.6. The van der Waals surface area contributed by atoms with Gasteiger partial charge in [-0.3, -0.25) is 9.69 Å². The topological polar surface area (TPSA) is 38.8 Å². The fourth-order valence-corrected chi connectivity index (χ4v) is 1.59. The van der Waals surface area contributed by atoms with E-state index in [1.807, 2.05) is 13.8 Å². The number of carbonyl (C=O) groups is 1. The van der Waals surface area contributed by atoms with E-state index in [9.17, 15) is 4.79 Å². The maximum Gasteiger partial charge on any atom is 0.149 e. The molecule has 0 rings (SSSR count). The van der Waals surface area contributed by atoms with Crippen molar-refractivity contribution in [2.75, 3.05) is 40.5 Å². The minimum Gasteiger partial charge on any atom is -0.383 e.